The van der Waals surface area contributed by atoms with Gasteiger partial charge in [0.15, 0.2) is 0 Å². The van der Waals surface area contributed by atoms with Crippen LogP contribution in [0.15, 0.2) is 18.3 Å². The lowest BCUT2D eigenvalue weighted by Crippen LogP contribution is -2.47. The molecule has 124 valence electrons. The van der Waals surface area contributed by atoms with Crippen LogP contribution >= 0.6 is 0 Å². The topological polar surface area (TPSA) is 74.8 Å². The molecule has 0 saturated carbocycles. The predicted molar refractivity (Wildman–Crippen MR) is 86.9 cm³/mol. The summed E-state index contributed by atoms with van der Waals surface area (Å²) in [5.41, 5.74) is 0. The van der Waals surface area contributed by atoms with Crippen LogP contribution < -0.4 is 14.4 Å². The Morgan fingerprint density at radius 1 is 1.32 bits per heavy atom. The smallest absolute Gasteiger partial charge is 0.211 e. The van der Waals surface area contributed by atoms with Gasteiger partial charge in [0.2, 0.25) is 10.0 Å². The summed E-state index contributed by atoms with van der Waals surface area (Å²) in [4.78, 5) is 8.90. The molecule has 0 spiro atoms. The van der Waals surface area contributed by atoms with E-state index in [0.29, 0.717) is 6.42 Å². The first-order valence-electron chi connectivity index (χ1n) is 7.42. The Morgan fingerprint density at radius 3 is 2.68 bits per heavy atom. The van der Waals surface area contributed by atoms with E-state index in [1.807, 2.05) is 12.1 Å². The van der Waals surface area contributed by atoms with Crippen LogP contribution in [0.25, 0.3) is 0 Å². The number of nitrogens with one attached hydrogen (secondary N) is 1. The number of pyridine rings is 1. The van der Waals surface area contributed by atoms with Crippen LogP contribution in [0.2, 0.25) is 0 Å². The van der Waals surface area contributed by atoms with Gasteiger partial charge >= 0.3 is 0 Å². The standard InChI is InChI=1S/C14H24N4O3S/c1-15-22(19,20)11-3-6-17-7-9-18(10-8-17)14-12-13(21-2)4-5-16-14/h4-5,12,15H,3,6-11H2,1-2H3. The van der Waals surface area contributed by atoms with Gasteiger partial charge in [-0.05, 0) is 26.1 Å². The molecule has 0 aliphatic carbocycles. The second-order valence-electron chi connectivity index (χ2n) is 5.26. The summed E-state index contributed by atoms with van der Waals surface area (Å²) in [5.74, 6) is 1.92. The molecular weight excluding hydrogens is 304 g/mol. The Labute approximate surface area is 132 Å². The van der Waals surface area contributed by atoms with Crippen LogP contribution in [0.1, 0.15) is 6.42 Å². The minimum Gasteiger partial charge on any atom is -0.497 e. The van der Waals surface area contributed by atoms with E-state index in [2.05, 4.69) is 19.5 Å². The number of anilines is 1. The highest BCUT2D eigenvalue weighted by Gasteiger charge is 2.18. The minimum atomic E-state index is -3.09. The quantitative estimate of drug-likeness (QED) is 0.768. The maximum Gasteiger partial charge on any atom is 0.211 e. The SMILES string of the molecule is CNS(=O)(=O)CCCN1CCN(c2cc(OC)ccn2)CC1. The number of methoxy groups -OCH3 is 1. The number of hydrogen-bond donors (Lipinski definition) is 1. The molecule has 8 heteroatoms. The van der Waals surface area contributed by atoms with Gasteiger partial charge in [0.25, 0.3) is 0 Å². The second-order valence-corrected chi connectivity index (χ2v) is 7.31. The molecule has 2 rings (SSSR count). The van der Waals surface area contributed by atoms with E-state index in [1.165, 1.54) is 7.05 Å². The van der Waals surface area contributed by atoms with Crippen molar-refractivity contribution in [3.8, 4) is 5.75 Å². The van der Waals surface area contributed by atoms with Crippen molar-refractivity contribution in [2.24, 2.45) is 0 Å². The van der Waals surface area contributed by atoms with E-state index in [-0.39, 0.29) is 5.75 Å². The van der Waals surface area contributed by atoms with Gasteiger partial charge < -0.3 is 9.64 Å². The Morgan fingerprint density at radius 2 is 2.05 bits per heavy atom. The van der Waals surface area contributed by atoms with E-state index in [0.717, 1.165) is 44.3 Å². The van der Waals surface area contributed by atoms with Gasteiger partial charge in [0.1, 0.15) is 11.6 Å². The first-order chi connectivity index (χ1) is 10.5. The molecule has 0 radical (unpaired) electrons. The van der Waals surface area contributed by atoms with E-state index >= 15 is 0 Å². The van der Waals surface area contributed by atoms with Crippen molar-refractivity contribution < 1.29 is 13.2 Å². The molecule has 1 aliphatic heterocycles. The summed E-state index contributed by atoms with van der Waals surface area (Å²) in [6, 6.07) is 3.77. The van der Waals surface area contributed by atoms with E-state index in [4.69, 9.17) is 4.74 Å². The molecule has 1 aromatic rings. The van der Waals surface area contributed by atoms with Gasteiger partial charge in [-0.2, -0.15) is 0 Å². The zero-order valence-corrected chi connectivity index (χ0v) is 14.0. The summed E-state index contributed by atoms with van der Waals surface area (Å²) in [7, 11) is 0.00994. The fourth-order valence-corrected chi connectivity index (χ4v) is 3.19. The first-order valence-corrected chi connectivity index (χ1v) is 9.08. The molecule has 7 nitrogen and oxygen atoms in total. The van der Waals surface area contributed by atoms with Crippen LogP contribution in [0, 0.1) is 0 Å². The third kappa shape index (κ3) is 4.82. The molecular formula is C14H24N4O3S. The molecule has 1 N–H and O–H groups in total. The number of piperazine rings is 1. The van der Waals surface area contributed by atoms with Crippen molar-refractivity contribution in [2.45, 2.75) is 6.42 Å². The van der Waals surface area contributed by atoms with Crippen molar-refractivity contribution >= 4 is 15.8 Å². The van der Waals surface area contributed by atoms with Crippen LogP contribution in [-0.4, -0.2) is 70.9 Å². The van der Waals surface area contributed by atoms with Crippen molar-refractivity contribution in [3.05, 3.63) is 18.3 Å². The highest BCUT2D eigenvalue weighted by atomic mass is 32.2. The third-order valence-corrected chi connectivity index (χ3v) is 5.30. The average molecular weight is 328 g/mol. The van der Waals surface area contributed by atoms with Gasteiger partial charge in [-0.25, -0.2) is 18.1 Å². The molecule has 1 aliphatic rings. The lowest BCUT2D eigenvalue weighted by Gasteiger charge is -2.35. The molecule has 1 aromatic heterocycles. The molecule has 0 atom stereocenters. The van der Waals surface area contributed by atoms with Crippen molar-refractivity contribution in [1.82, 2.24) is 14.6 Å². The van der Waals surface area contributed by atoms with Gasteiger partial charge in [0.05, 0.1) is 12.9 Å². The number of sulfonamides is 1. The largest absolute Gasteiger partial charge is 0.497 e. The number of hydrogen-bond acceptors (Lipinski definition) is 6. The molecule has 0 bridgehead atoms. The maximum absolute atomic E-state index is 11.4. The Hall–Kier alpha value is -1.38. The van der Waals surface area contributed by atoms with Crippen LogP contribution in [-0.2, 0) is 10.0 Å². The van der Waals surface area contributed by atoms with Crippen LogP contribution in [0.5, 0.6) is 5.75 Å². The highest BCUT2D eigenvalue weighted by Crippen LogP contribution is 2.19. The Balaban J connectivity index is 1.78. The zero-order valence-electron chi connectivity index (χ0n) is 13.2. The maximum atomic E-state index is 11.4. The number of aromatic nitrogens is 1. The first kappa shape index (κ1) is 17.0. The molecule has 22 heavy (non-hydrogen) atoms. The number of nitrogens with zero attached hydrogens (tertiary/aromatic N) is 3. The fraction of sp³-hybridized carbons (Fsp3) is 0.643. The van der Waals surface area contributed by atoms with Crippen molar-refractivity contribution in [2.75, 3.05) is 57.5 Å². The molecule has 0 unspecified atom stereocenters. The van der Waals surface area contributed by atoms with Crippen molar-refractivity contribution in [1.29, 1.82) is 0 Å². The number of ether oxygens (including phenoxy) is 1. The van der Waals surface area contributed by atoms with Gasteiger partial charge in [-0.15, -0.1) is 0 Å². The molecule has 0 aromatic carbocycles. The van der Waals surface area contributed by atoms with Crippen molar-refractivity contribution in [3.63, 3.8) is 0 Å². The number of rotatable bonds is 7. The summed E-state index contributed by atoms with van der Waals surface area (Å²) in [6.45, 7) is 4.41. The Bertz CT molecular complexity index is 571. The monoisotopic (exact) mass is 328 g/mol. The third-order valence-electron chi connectivity index (χ3n) is 3.85. The van der Waals surface area contributed by atoms with Gasteiger partial charge in [-0.1, -0.05) is 0 Å². The summed E-state index contributed by atoms with van der Waals surface area (Å²) in [5, 5.41) is 0. The fourth-order valence-electron chi connectivity index (χ4n) is 2.48. The lowest BCUT2D eigenvalue weighted by atomic mass is 10.3. The molecule has 0 amide bonds. The molecule has 2 heterocycles. The summed E-state index contributed by atoms with van der Waals surface area (Å²) < 4.78 is 30.3. The minimum absolute atomic E-state index is 0.182. The Kier molecular flexibility index (Phi) is 5.98. The van der Waals surface area contributed by atoms with Gasteiger partial charge in [0, 0.05) is 38.4 Å². The van der Waals surface area contributed by atoms with E-state index in [1.54, 1.807) is 13.3 Å². The lowest BCUT2D eigenvalue weighted by molar-refractivity contribution is 0.258. The molecule has 1 fully saturated rings. The van der Waals surface area contributed by atoms with Crippen LogP contribution in [0.3, 0.4) is 0 Å². The zero-order chi connectivity index (χ0) is 16.0. The van der Waals surface area contributed by atoms with Gasteiger partial charge in [-0.3, -0.25) is 4.90 Å². The van der Waals surface area contributed by atoms with Crippen LogP contribution in [0.4, 0.5) is 5.82 Å². The predicted octanol–water partition coefficient (Wildman–Crippen LogP) is 0.152. The average Bonchev–Trinajstić information content (AvgIpc) is 2.55. The second kappa shape index (κ2) is 7.75. The molecule has 1 saturated heterocycles. The normalized spacial score (nSPS) is 16.7. The summed E-state index contributed by atoms with van der Waals surface area (Å²) >= 11 is 0. The summed E-state index contributed by atoms with van der Waals surface area (Å²) in [6.07, 6.45) is 2.41. The highest BCUT2D eigenvalue weighted by molar-refractivity contribution is 7.89. The van der Waals surface area contributed by atoms with E-state index < -0.39 is 10.0 Å². The van der Waals surface area contributed by atoms with E-state index in [9.17, 15) is 8.42 Å².